The van der Waals surface area contributed by atoms with E-state index in [1.807, 2.05) is 24.9 Å². The van der Waals surface area contributed by atoms with E-state index in [4.69, 9.17) is 4.52 Å². The van der Waals surface area contributed by atoms with Crippen LogP contribution in [-0.2, 0) is 6.42 Å². The molecule has 0 spiro atoms. The van der Waals surface area contributed by atoms with Crippen molar-refractivity contribution in [1.82, 2.24) is 20.4 Å². The summed E-state index contributed by atoms with van der Waals surface area (Å²) in [4.78, 5) is 19.0. The molecule has 2 unspecified atom stereocenters. The van der Waals surface area contributed by atoms with Crippen LogP contribution in [0.25, 0.3) is 11.1 Å². The highest BCUT2D eigenvalue weighted by molar-refractivity contribution is 5.97. The summed E-state index contributed by atoms with van der Waals surface area (Å²) in [5.74, 6) is 0.0361. The van der Waals surface area contributed by atoms with Crippen molar-refractivity contribution in [1.29, 1.82) is 0 Å². The molecule has 4 rings (SSSR count). The van der Waals surface area contributed by atoms with Crippen molar-refractivity contribution in [3.05, 3.63) is 23.5 Å². The molecule has 2 saturated heterocycles. The molecule has 2 atom stereocenters. The lowest BCUT2D eigenvalue weighted by molar-refractivity contribution is 0.0681. The molecule has 24 heavy (non-hydrogen) atoms. The van der Waals surface area contributed by atoms with Crippen LogP contribution in [0, 0.1) is 0 Å². The van der Waals surface area contributed by atoms with E-state index in [0.717, 1.165) is 30.3 Å². The summed E-state index contributed by atoms with van der Waals surface area (Å²) in [6.07, 6.45) is 6.92. The Morgan fingerprint density at radius 2 is 2.08 bits per heavy atom. The SMILES string of the molecule is CCc1noc2ncc(C(=O)N(C)C3CC4CCC(C3)N4)cc12.Cl. The predicted molar refractivity (Wildman–Crippen MR) is 93.5 cm³/mol. The third kappa shape index (κ3) is 2.89. The van der Waals surface area contributed by atoms with E-state index in [0.29, 0.717) is 29.4 Å². The van der Waals surface area contributed by atoms with E-state index in [1.165, 1.54) is 12.8 Å². The van der Waals surface area contributed by atoms with Crippen LogP contribution in [0.1, 0.15) is 48.7 Å². The number of hydrogen-bond donors (Lipinski definition) is 1. The maximum absolute atomic E-state index is 12.9. The fourth-order valence-corrected chi connectivity index (χ4v) is 3.96. The first-order valence-electron chi connectivity index (χ1n) is 8.43. The fraction of sp³-hybridized carbons (Fsp3) is 0.588. The first-order valence-corrected chi connectivity index (χ1v) is 8.43. The molecule has 2 aliphatic rings. The number of piperidine rings is 1. The zero-order valence-corrected chi connectivity index (χ0v) is 14.8. The molecule has 4 heterocycles. The smallest absolute Gasteiger partial charge is 0.257 e. The molecule has 2 bridgehead atoms. The van der Waals surface area contributed by atoms with Crippen LogP contribution in [0.15, 0.2) is 16.8 Å². The minimum absolute atomic E-state index is 0. The summed E-state index contributed by atoms with van der Waals surface area (Å²) in [5, 5.41) is 8.47. The minimum Gasteiger partial charge on any atom is -0.339 e. The van der Waals surface area contributed by atoms with E-state index in [-0.39, 0.29) is 18.3 Å². The summed E-state index contributed by atoms with van der Waals surface area (Å²) in [6, 6.07) is 3.32. The van der Waals surface area contributed by atoms with Crippen molar-refractivity contribution >= 4 is 29.4 Å². The van der Waals surface area contributed by atoms with Crippen LogP contribution in [0.3, 0.4) is 0 Å². The van der Waals surface area contributed by atoms with Crippen molar-refractivity contribution in [2.75, 3.05) is 7.05 Å². The van der Waals surface area contributed by atoms with E-state index >= 15 is 0 Å². The van der Waals surface area contributed by atoms with Gasteiger partial charge in [0.15, 0.2) is 0 Å². The van der Waals surface area contributed by atoms with Gasteiger partial charge >= 0.3 is 0 Å². The van der Waals surface area contributed by atoms with Gasteiger partial charge in [-0.25, -0.2) is 4.98 Å². The molecular formula is C17H23ClN4O2. The highest BCUT2D eigenvalue weighted by atomic mass is 35.5. The second kappa shape index (κ2) is 6.69. The summed E-state index contributed by atoms with van der Waals surface area (Å²) < 4.78 is 5.19. The lowest BCUT2D eigenvalue weighted by atomic mass is 9.98. The number of pyridine rings is 1. The minimum atomic E-state index is 0. The number of aromatic nitrogens is 2. The van der Waals surface area contributed by atoms with Crippen molar-refractivity contribution < 1.29 is 9.32 Å². The molecule has 1 N–H and O–H groups in total. The Bertz CT molecular complexity index is 735. The number of amides is 1. The molecular weight excluding hydrogens is 328 g/mol. The van der Waals surface area contributed by atoms with Gasteiger partial charge < -0.3 is 14.7 Å². The number of carbonyl (C=O) groups is 1. The molecule has 7 heteroatoms. The van der Waals surface area contributed by atoms with E-state index in [9.17, 15) is 4.79 Å². The standard InChI is InChI=1S/C17H22N4O2.ClH/c1-3-15-14-6-10(9-18-16(14)23-20-15)17(22)21(2)13-7-11-4-5-12(8-13)19-11;/h6,9,11-13,19H,3-5,7-8H2,1-2H3;1H. The fourth-order valence-electron chi connectivity index (χ4n) is 3.96. The first kappa shape index (κ1) is 17.2. The zero-order valence-electron chi connectivity index (χ0n) is 14.0. The molecule has 2 fully saturated rings. The Kier molecular flexibility index (Phi) is 4.78. The summed E-state index contributed by atoms with van der Waals surface area (Å²) in [5.41, 5.74) is 1.97. The molecule has 2 aliphatic heterocycles. The van der Waals surface area contributed by atoms with Gasteiger partial charge in [-0.1, -0.05) is 12.1 Å². The molecule has 0 aromatic carbocycles. The van der Waals surface area contributed by atoms with Gasteiger partial charge in [0.25, 0.3) is 11.6 Å². The molecule has 0 radical (unpaired) electrons. The molecule has 2 aromatic rings. The number of fused-ring (bicyclic) bond motifs is 3. The lowest BCUT2D eigenvalue weighted by Gasteiger charge is -2.35. The molecule has 2 aromatic heterocycles. The van der Waals surface area contributed by atoms with Crippen LogP contribution in [0.2, 0.25) is 0 Å². The van der Waals surface area contributed by atoms with Gasteiger partial charge in [-0.15, -0.1) is 12.4 Å². The van der Waals surface area contributed by atoms with Crippen LogP contribution in [-0.4, -0.2) is 46.1 Å². The summed E-state index contributed by atoms with van der Waals surface area (Å²) >= 11 is 0. The Morgan fingerprint density at radius 3 is 2.75 bits per heavy atom. The number of halogens is 1. The summed E-state index contributed by atoms with van der Waals surface area (Å²) in [7, 11) is 1.91. The second-order valence-electron chi connectivity index (χ2n) is 6.74. The number of aryl methyl sites for hydroxylation is 1. The normalized spacial score (nSPS) is 25.5. The molecule has 0 aliphatic carbocycles. The van der Waals surface area contributed by atoms with Gasteiger partial charge in [0.1, 0.15) is 0 Å². The average Bonchev–Trinajstić information content (AvgIpc) is 3.15. The van der Waals surface area contributed by atoms with Gasteiger partial charge in [0.2, 0.25) is 0 Å². The molecule has 6 nitrogen and oxygen atoms in total. The van der Waals surface area contributed by atoms with E-state index in [2.05, 4.69) is 15.5 Å². The lowest BCUT2D eigenvalue weighted by Crippen LogP contribution is -2.48. The Balaban J connectivity index is 0.00000169. The Hall–Kier alpha value is -1.66. The van der Waals surface area contributed by atoms with E-state index < -0.39 is 0 Å². The van der Waals surface area contributed by atoms with Crippen LogP contribution in [0.4, 0.5) is 0 Å². The Morgan fingerprint density at radius 1 is 1.38 bits per heavy atom. The molecule has 1 amide bonds. The number of nitrogens with zero attached hydrogens (tertiary/aromatic N) is 3. The largest absolute Gasteiger partial charge is 0.339 e. The maximum atomic E-state index is 12.9. The Labute approximate surface area is 147 Å². The average molecular weight is 351 g/mol. The third-order valence-corrected chi connectivity index (χ3v) is 5.30. The quantitative estimate of drug-likeness (QED) is 0.921. The topological polar surface area (TPSA) is 71.3 Å². The monoisotopic (exact) mass is 350 g/mol. The molecule has 0 saturated carbocycles. The third-order valence-electron chi connectivity index (χ3n) is 5.30. The van der Waals surface area contributed by atoms with Crippen molar-refractivity contribution in [3.63, 3.8) is 0 Å². The van der Waals surface area contributed by atoms with Gasteiger partial charge in [-0.3, -0.25) is 4.79 Å². The number of nitrogens with one attached hydrogen (secondary N) is 1. The number of hydrogen-bond acceptors (Lipinski definition) is 5. The predicted octanol–water partition coefficient (Wildman–Crippen LogP) is 2.56. The van der Waals surface area contributed by atoms with Gasteiger partial charge in [0.05, 0.1) is 16.6 Å². The van der Waals surface area contributed by atoms with Crippen LogP contribution in [0.5, 0.6) is 0 Å². The van der Waals surface area contributed by atoms with Crippen LogP contribution < -0.4 is 5.32 Å². The zero-order chi connectivity index (χ0) is 16.0. The van der Waals surface area contributed by atoms with Crippen molar-refractivity contribution in [2.24, 2.45) is 0 Å². The second-order valence-corrected chi connectivity index (χ2v) is 6.74. The highest BCUT2D eigenvalue weighted by Crippen LogP contribution is 2.30. The molecule has 130 valence electrons. The van der Waals surface area contributed by atoms with Crippen LogP contribution >= 0.6 is 12.4 Å². The van der Waals surface area contributed by atoms with Gasteiger partial charge in [0, 0.05) is 31.4 Å². The number of rotatable bonds is 3. The highest BCUT2D eigenvalue weighted by Gasteiger charge is 2.36. The van der Waals surface area contributed by atoms with Gasteiger partial charge in [-0.2, -0.15) is 0 Å². The maximum Gasteiger partial charge on any atom is 0.257 e. The number of carbonyl (C=O) groups excluding carboxylic acids is 1. The van der Waals surface area contributed by atoms with Crippen molar-refractivity contribution in [3.8, 4) is 0 Å². The first-order chi connectivity index (χ1) is 11.2. The van der Waals surface area contributed by atoms with Crippen molar-refractivity contribution in [2.45, 2.75) is 57.2 Å². The van der Waals surface area contributed by atoms with Gasteiger partial charge in [-0.05, 0) is 38.2 Å². The summed E-state index contributed by atoms with van der Waals surface area (Å²) in [6.45, 7) is 2.02. The van der Waals surface area contributed by atoms with E-state index in [1.54, 1.807) is 6.20 Å².